The molecule has 0 bridgehead atoms. The molecule has 7 heteroatoms. The monoisotopic (exact) mass is 404 g/mol. The zero-order valence-corrected chi connectivity index (χ0v) is 13.7. The van der Waals surface area contributed by atoms with Gasteiger partial charge < -0.3 is 10.1 Å². The van der Waals surface area contributed by atoms with Gasteiger partial charge in [-0.05, 0) is 66.0 Å². The molecule has 0 fully saturated rings. The quantitative estimate of drug-likeness (QED) is 0.349. The highest BCUT2D eigenvalue weighted by molar-refractivity contribution is 14.1. The summed E-state index contributed by atoms with van der Waals surface area (Å²) in [5.74, 6) is -1.07. The molecular formula is C13H13IN2O3S. The van der Waals surface area contributed by atoms with Gasteiger partial charge in [0, 0.05) is 21.4 Å². The van der Waals surface area contributed by atoms with Gasteiger partial charge in [0.25, 0.3) is 0 Å². The summed E-state index contributed by atoms with van der Waals surface area (Å²) < 4.78 is 5.75. The second kappa shape index (κ2) is 8.64. The summed E-state index contributed by atoms with van der Waals surface area (Å²) in [5.41, 5.74) is 0.769. The number of benzene rings is 1. The number of hydrogen-bond donors (Lipinski definition) is 2. The Labute approximate surface area is 135 Å². The normalized spacial score (nSPS) is 10.1. The molecule has 0 heterocycles. The highest BCUT2D eigenvalue weighted by Gasteiger charge is 2.03. The first-order chi connectivity index (χ1) is 9.51. The first kappa shape index (κ1) is 16.6. The van der Waals surface area contributed by atoms with E-state index in [1.807, 2.05) is 24.3 Å². The SMILES string of the molecule is CCOC(=O)C=CC(=O)NC(=S)Nc1ccc(I)cc1. The number of esters is 1. The third-order valence-corrected chi connectivity index (χ3v) is 2.92. The molecular weight excluding hydrogens is 391 g/mol. The van der Waals surface area contributed by atoms with Gasteiger partial charge in [-0.2, -0.15) is 0 Å². The molecule has 0 unspecified atom stereocenters. The molecule has 0 atom stereocenters. The molecule has 20 heavy (non-hydrogen) atoms. The van der Waals surface area contributed by atoms with Gasteiger partial charge in [-0.3, -0.25) is 10.1 Å². The average molecular weight is 404 g/mol. The molecule has 1 aromatic carbocycles. The van der Waals surface area contributed by atoms with Gasteiger partial charge in [-0.1, -0.05) is 0 Å². The van der Waals surface area contributed by atoms with Crippen molar-refractivity contribution in [3.8, 4) is 0 Å². The fourth-order valence-electron chi connectivity index (χ4n) is 1.18. The number of thiocarbonyl (C=S) groups is 1. The summed E-state index contributed by atoms with van der Waals surface area (Å²) in [7, 11) is 0. The van der Waals surface area contributed by atoms with Crippen molar-refractivity contribution < 1.29 is 14.3 Å². The lowest BCUT2D eigenvalue weighted by atomic mass is 10.3. The number of anilines is 1. The lowest BCUT2D eigenvalue weighted by molar-refractivity contribution is -0.137. The summed E-state index contributed by atoms with van der Waals surface area (Å²) in [5, 5.41) is 5.44. The molecule has 0 aliphatic carbocycles. The Balaban J connectivity index is 2.44. The minimum absolute atomic E-state index is 0.157. The Morgan fingerprint density at radius 2 is 1.95 bits per heavy atom. The maximum Gasteiger partial charge on any atom is 0.330 e. The standard InChI is InChI=1S/C13H13IN2O3S/c1-2-19-12(18)8-7-11(17)16-13(20)15-10-5-3-9(14)4-6-10/h3-8H,2H2,1H3,(H2,15,16,17,20). The van der Waals surface area contributed by atoms with Crippen LogP contribution in [0.5, 0.6) is 0 Å². The van der Waals surface area contributed by atoms with Crippen LogP contribution in [0.15, 0.2) is 36.4 Å². The van der Waals surface area contributed by atoms with Crippen LogP contribution in [-0.2, 0) is 14.3 Å². The molecule has 1 aromatic rings. The Morgan fingerprint density at radius 1 is 1.30 bits per heavy atom. The zero-order chi connectivity index (χ0) is 15.0. The number of nitrogens with one attached hydrogen (secondary N) is 2. The van der Waals surface area contributed by atoms with Crippen LogP contribution in [0.3, 0.4) is 0 Å². The molecule has 0 saturated carbocycles. The molecule has 2 N–H and O–H groups in total. The van der Waals surface area contributed by atoms with Crippen molar-refractivity contribution in [1.29, 1.82) is 0 Å². The topological polar surface area (TPSA) is 67.4 Å². The van der Waals surface area contributed by atoms with Crippen molar-refractivity contribution in [2.45, 2.75) is 6.92 Å². The summed E-state index contributed by atoms with van der Waals surface area (Å²) in [6.45, 7) is 1.95. The predicted octanol–water partition coefficient (Wildman–Crippen LogP) is 2.22. The summed E-state index contributed by atoms with van der Waals surface area (Å²) in [4.78, 5) is 22.5. The number of ether oxygens (including phenoxy) is 1. The number of carbonyl (C=O) groups is 2. The number of amides is 1. The summed E-state index contributed by atoms with van der Waals surface area (Å²) in [6.07, 6.45) is 2.12. The Kier molecular flexibility index (Phi) is 7.16. The van der Waals surface area contributed by atoms with E-state index >= 15 is 0 Å². The van der Waals surface area contributed by atoms with Gasteiger partial charge in [0.2, 0.25) is 5.91 Å². The Morgan fingerprint density at radius 3 is 2.55 bits per heavy atom. The first-order valence-corrected chi connectivity index (χ1v) is 7.22. The van der Waals surface area contributed by atoms with Gasteiger partial charge >= 0.3 is 5.97 Å². The third kappa shape index (κ3) is 6.62. The van der Waals surface area contributed by atoms with E-state index < -0.39 is 11.9 Å². The minimum Gasteiger partial charge on any atom is -0.463 e. The first-order valence-electron chi connectivity index (χ1n) is 5.73. The number of halogens is 1. The smallest absolute Gasteiger partial charge is 0.330 e. The van der Waals surface area contributed by atoms with Crippen LogP contribution < -0.4 is 10.6 Å². The molecule has 106 valence electrons. The van der Waals surface area contributed by atoms with Crippen LogP contribution in [0.2, 0.25) is 0 Å². The van der Waals surface area contributed by atoms with Crippen molar-refractivity contribution in [2.24, 2.45) is 0 Å². The van der Waals surface area contributed by atoms with Crippen molar-refractivity contribution in [3.63, 3.8) is 0 Å². The Bertz CT molecular complexity index is 529. The summed E-state index contributed by atoms with van der Waals surface area (Å²) in [6, 6.07) is 7.51. The molecule has 5 nitrogen and oxygen atoms in total. The molecule has 0 radical (unpaired) electrons. The molecule has 0 aliphatic rings. The number of carbonyl (C=O) groups excluding carboxylic acids is 2. The molecule has 0 aromatic heterocycles. The van der Waals surface area contributed by atoms with E-state index in [1.165, 1.54) is 0 Å². The molecule has 0 aliphatic heterocycles. The maximum absolute atomic E-state index is 11.5. The molecule has 0 saturated heterocycles. The van der Waals surface area contributed by atoms with E-state index in [0.29, 0.717) is 0 Å². The number of hydrogen-bond acceptors (Lipinski definition) is 4. The highest BCUT2D eigenvalue weighted by atomic mass is 127. The van der Waals surface area contributed by atoms with E-state index in [-0.39, 0.29) is 11.7 Å². The van der Waals surface area contributed by atoms with Crippen LogP contribution in [0.25, 0.3) is 0 Å². The zero-order valence-electron chi connectivity index (χ0n) is 10.7. The highest BCUT2D eigenvalue weighted by Crippen LogP contribution is 2.10. The predicted molar refractivity (Wildman–Crippen MR) is 89.3 cm³/mol. The molecule has 0 spiro atoms. The fraction of sp³-hybridized carbons (Fsp3) is 0.154. The van der Waals surface area contributed by atoms with Crippen molar-refractivity contribution in [3.05, 3.63) is 40.0 Å². The minimum atomic E-state index is -0.570. The van der Waals surface area contributed by atoms with Gasteiger partial charge in [0.05, 0.1) is 6.61 Å². The second-order valence-electron chi connectivity index (χ2n) is 3.54. The second-order valence-corrected chi connectivity index (χ2v) is 5.19. The van der Waals surface area contributed by atoms with Crippen molar-refractivity contribution in [2.75, 3.05) is 11.9 Å². The lowest BCUT2D eigenvalue weighted by Crippen LogP contribution is -2.32. The third-order valence-electron chi connectivity index (χ3n) is 2.00. The van der Waals surface area contributed by atoms with Crippen LogP contribution >= 0.6 is 34.8 Å². The fourth-order valence-corrected chi connectivity index (χ4v) is 1.76. The lowest BCUT2D eigenvalue weighted by Gasteiger charge is -2.07. The number of rotatable bonds is 4. The largest absolute Gasteiger partial charge is 0.463 e. The van der Waals surface area contributed by atoms with Crippen LogP contribution in [-0.4, -0.2) is 23.6 Å². The van der Waals surface area contributed by atoms with E-state index in [9.17, 15) is 9.59 Å². The van der Waals surface area contributed by atoms with E-state index in [0.717, 1.165) is 21.4 Å². The van der Waals surface area contributed by atoms with Gasteiger partial charge in [-0.15, -0.1) is 0 Å². The average Bonchev–Trinajstić information content (AvgIpc) is 2.39. The van der Waals surface area contributed by atoms with Crippen molar-refractivity contribution in [1.82, 2.24) is 5.32 Å². The van der Waals surface area contributed by atoms with Crippen molar-refractivity contribution >= 4 is 57.5 Å². The van der Waals surface area contributed by atoms with E-state index in [2.05, 4.69) is 38.0 Å². The van der Waals surface area contributed by atoms with E-state index in [1.54, 1.807) is 6.92 Å². The molecule has 1 amide bonds. The molecule has 1 rings (SSSR count). The van der Waals surface area contributed by atoms with E-state index in [4.69, 9.17) is 12.2 Å². The van der Waals surface area contributed by atoms with Crippen LogP contribution in [0.1, 0.15) is 6.92 Å². The van der Waals surface area contributed by atoms with Gasteiger partial charge in [0.15, 0.2) is 5.11 Å². The van der Waals surface area contributed by atoms with Crippen LogP contribution in [0, 0.1) is 3.57 Å². The summed E-state index contributed by atoms with van der Waals surface area (Å²) >= 11 is 7.17. The maximum atomic E-state index is 11.5. The van der Waals surface area contributed by atoms with Gasteiger partial charge in [0.1, 0.15) is 0 Å². The van der Waals surface area contributed by atoms with Gasteiger partial charge in [-0.25, -0.2) is 4.79 Å². The van der Waals surface area contributed by atoms with Crippen LogP contribution in [0.4, 0.5) is 5.69 Å². The Hall–Kier alpha value is -1.48.